The highest BCUT2D eigenvalue weighted by molar-refractivity contribution is 5.69. The van der Waals surface area contributed by atoms with E-state index in [-0.39, 0.29) is 13.0 Å². The Morgan fingerprint density at radius 2 is 1.74 bits per heavy atom. The van der Waals surface area contributed by atoms with Gasteiger partial charge in [0, 0.05) is 6.61 Å². The van der Waals surface area contributed by atoms with Gasteiger partial charge in [-0.05, 0) is 38.5 Å². The Balaban J connectivity index is 3.31. The molecule has 0 saturated heterocycles. The Morgan fingerprint density at radius 3 is 2.37 bits per heavy atom. The van der Waals surface area contributed by atoms with Crippen molar-refractivity contribution in [2.75, 3.05) is 6.61 Å². The van der Waals surface area contributed by atoms with Crippen LogP contribution in [-0.2, 0) is 9.63 Å². The second kappa shape index (κ2) is 13.5. The zero-order valence-electron chi connectivity index (χ0n) is 11.6. The van der Waals surface area contributed by atoms with Crippen LogP contribution in [0.1, 0.15) is 57.8 Å². The predicted octanol–water partition coefficient (Wildman–Crippen LogP) is 1.82. The molecule has 112 valence electrons. The van der Waals surface area contributed by atoms with Gasteiger partial charge in [-0.3, -0.25) is 4.79 Å². The lowest BCUT2D eigenvalue weighted by molar-refractivity contribution is -0.146. The summed E-state index contributed by atoms with van der Waals surface area (Å²) in [6.45, 7) is 0.288. The SMILES string of the molecule is NOC(=O)CC(O)CCC/C=C/CCCCCCO. The maximum atomic E-state index is 10.8. The number of carbonyl (C=O) groups excluding carboxylic acids is 1. The molecule has 0 fully saturated rings. The first-order valence-corrected chi connectivity index (χ1v) is 7.04. The molecule has 0 aliphatic heterocycles. The van der Waals surface area contributed by atoms with Gasteiger partial charge >= 0.3 is 5.97 Å². The van der Waals surface area contributed by atoms with Gasteiger partial charge in [0.15, 0.2) is 0 Å². The van der Waals surface area contributed by atoms with Gasteiger partial charge in [-0.25, -0.2) is 0 Å². The second-order valence-corrected chi connectivity index (χ2v) is 4.68. The molecule has 0 aliphatic carbocycles. The summed E-state index contributed by atoms with van der Waals surface area (Å²) in [6.07, 6.45) is 11.3. The van der Waals surface area contributed by atoms with E-state index in [4.69, 9.17) is 5.11 Å². The normalized spacial score (nSPS) is 12.8. The smallest absolute Gasteiger partial charge is 0.327 e. The molecule has 0 aromatic rings. The second-order valence-electron chi connectivity index (χ2n) is 4.68. The molecule has 0 spiro atoms. The molecule has 0 bridgehead atoms. The lowest BCUT2D eigenvalue weighted by atomic mass is 10.1. The van der Waals surface area contributed by atoms with Crippen LogP contribution in [-0.4, -0.2) is 28.9 Å². The molecule has 0 aromatic carbocycles. The summed E-state index contributed by atoms with van der Waals surface area (Å²) in [6, 6.07) is 0. The van der Waals surface area contributed by atoms with Crippen LogP contribution in [0.25, 0.3) is 0 Å². The number of carbonyl (C=O) groups is 1. The van der Waals surface area contributed by atoms with Gasteiger partial charge in [-0.1, -0.05) is 25.0 Å². The predicted molar refractivity (Wildman–Crippen MR) is 74.1 cm³/mol. The third-order valence-electron chi connectivity index (χ3n) is 2.89. The summed E-state index contributed by atoms with van der Waals surface area (Å²) in [5.74, 6) is 4.11. The lowest BCUT2D eigenvalue weighted by Crippen LogP contribution is -2.18. The molecule has 0 heterocycles. The molecule has 1 atom stereocenters. The number of hydrogen-bond acceptors (Lipinski definition) is 5. The third kappa shape index (κ3) is 13.3. The van der Waals surface area contributed by atoms with Gasteiger partial charge in [0.2, 0.25) is 0 Å². The molecule has 0 amide bonds. The molecular formula is C14H27NO4. The van der Waals surface area contributed by atoms with Crippen LogP contribution in [0.2, 0.25) is 0 Å². The Labute approximate surface area is 115 Å². The largest absolute Gasteiger partial charge is 0.396 e. The summed E-state index contributed by atoms with van der Waals surface area (Å²) in [5.41, 5.74) is 0. The van der Waals surface area contributed by atoms with Crippen LogP contribution in [0, 0.1) is 0 Å². The molecule has 0 radical (unpaired) electrons. The first-order chi connectivity index (χ1) is 9.20. The summed E-state index contributed by atoms with van der Waals surface area (Å²) in [4.78, 5) is 14.8. The lowest BCUT2D eigenvalue weighted by Gasteiger charge is -2.06. The fraction of sp³-hybridized carbons (Fsp3) is 0.786. The van der Waals surface area contributed by atoms with Crippen LogP contribution in [0.5, 0.6) is 0 Å². The van der Waals surface area contributed by atoms with Crippen LogP contribution in [0.15, 0.2) is 12.2 Å². The Bertz CT molecular complexity index is 244. The molecule has 0 aliphatic rings. The summed E-state index contributed by atoms with van der Waals surface area (Å²) in [7, 11) is 0. The number of hydrogen-bond donors (Lipinski definition) is 3. The molecule has 0 aromatic heterocycles. The van der Waals surface area contributed by atoms with Crippen molar-refractivity contribution in [2.45, 2.75) is 63.9 Å². The fourth-order valence-corrected chi connectivity index (χ4v) is 1.78. The molecule has 19 heavy (non-hydrogen) atoms. The highest BCUT2D eigenvalue weighted by atomic mass is 16.7. The van der Waals surface area contributed by atoms with E-state index in [1.807, 2.05) is 0 Å². The van der Waals surface area contributed by atoms with Crippen molar-refractivity contribution < 1.29 is 19.8 Å². The van der Waals surface area contributed by atoms with E-state index in [1.165, 1.54) is 0 Å². The number of nitrogens with two attached hydrogens (primary N) is 1. The Morgan fingerprint density at radius 1 is 1.11 bits per heavy atom. The van der Waals surface area contributed by atoms with Crippen molar-refractivity contribution in [2.24, 2.45) is 5.90 Å². The zero-order chi connectivity index (χ0) is 14.3. The first-order valence-electron chi connectivity index (χ1n) is 7.04. The molecule has 5 heteroatoms. The number of unbranched alkanes of at least 4 members (excludes halogenated alkanes) is 5. The molecular weight excluding hydrogens is 246 g/mol. The van der Waals surface area contributed by atoms with Crippen molar-refractivity contribution in [1.82, 2.24) is 0 Å². The molecule has 5 nitrogen and oxygen atoms in total. The van der Waals surface area contributed by atoms with Crippen LogP contribution in [0.3, 0.4) is 0 Å². The van der Waals surface area contributed by atoms with Crippen LogP contribution < -0.4 is 5.90 Å². The van der Waals surface area contributed by atoms with E-state index < -0.39 is 12.1 Å². The third-order valence-corrected chi connectivity index (χ3v) is 2.89. The number of aliphatic hydroxyl groups excluding tert-OH is 2. The van der Waals surface area contributed by atoms with Crippen molar-refractivity contribution >= 4 is 5.97 Å². The maximum absolute atomic E-state index is 10.8. The summed E-state index contributed by atoms with van der Waals surface area (Å²) < 4.78 is 0. The Hall–Kier alpha value is -0.910. The van der Waals surface area contributed by atoms with E-state index in [9.17, 15) is 9.90 Å². The van der Waals surface area contributed by atoms with Gasteiger partial charge in [0.1, 0.15) is 0 Å². The van der Waals surface area contributed by atoms with Crippen molar-refractivity contribution in [3.63, 3.8) is 0 Å². The van der Waals surface area contributed by atoms with E-state index in [0.717, 1.165) is 44.9 Å². The number of rotatable bonds is 12. The van der Waals surface area contributed by atoms with Crippen LogP contribution >= 0.6 is 0 Å². The minimum atomic E-state index is -0.664. The quantitative estimate of drug-likeness (QED) is 0.286. The van der Waals surface area contributed by atoms with Gasteiger partial charge in [-0.15, -0.1) is 0 Å². The van der Waals surface area contributed by atoms with E-state index >= 15 is 0 Å². The molecule has 4 N–H and O–H groups in total. The van der Waals surface area contributed by atoms with E-state index in [1.54, 1.807) is 0 Å². The van der Waals surface area contributed by atoms with Gasteiger partial charge in [0.25, 0.3) is 0 Å². The summed E-state index contributed by atoms with van der Waals surface area (Å²) >= 11 is 0. The first kappa shape index (κ1) is 18.1. The highest BCUT2D eigenvalue weighted by Gasteiger charge is 2.10. The monoisotopic (exact) mass is 273 g/mol. The average Bonchev–Trinajstić information content (AvgIpc) is 2.40. The highest BCUT2D eigenvalue weighted by Crippen LogP contribution is 2.07. The van der Waals surface area contributed by atoms with E-state index in [0.29, 0.717) is 6.42 Å². The fourth-order valence-electron chi connectivity index (χ4n) is 1.78. The minimum Gasteiger partial charge on any atom is -0.396 e. The van der Waals surface area contributed by atoms with E-state index in [2.05, 4.69) is 22.9 Å². The minimum absolute atomic E-state index is 0.0366. The molecule has 0 rings (SSSR count). The Kier molecular flexibility index (Phi) is 12.9. The van der Waals surface area contributed by atoms with Gasteiger partial charge in [0.05, 0.1) is 12.5 Å². The standard InChI is InChI=1S/C14H27NO4/c15-19-14(18)12-13(17)10-8-6-4-2-1-3-5-7-9-11-16/h2,4,13,16-17H,1,3,5-12,15H2/b4-2+. The topological polar surface area (TPSA) is 92.8 Å². The van der Waals surface area contributed by atoms with Gasteiger partial charge in [-0.2, -0.15) is 5.90 Å². The average molecular weight is 273 g/mol. The number of allylic oxidation sites excluding steroid dienone is 2. The van der Waals surface area contributed by atoms with Crippen LogP contribution in [0.4, 0.5) is 0 Å². The summed E-state index contributed by atoms with van der Waals surface area (Å²) in [5, 5.41) is 18.1. The zero-order valence-corrected chi connectivity index (χ0v) is 11.6. The maximum Gasteiger partial charge on any atom is 0.327 e. The van der Waals surface area contributed by atoms with Crippen molar-refractivity contribution in [3.05, 3.63) is 12.2 Å². The van der Waals surface area contributed by atoms with Crippen molar-refractivity contribution in [1.29, 1.82) is 0 Å². The van der Waals surface area contributed by atoms with Crippen molar-refractivity contribution in [3.8, 4) is 0 Å². The molecule has 0 saturated carbocycles. The van der Waals surface area contributed by atoms with Gasteiger partial charge < -0.3 is 15.1 Å². The number of aliphatic hydroxyl groups is 2. The molecule has 1 unspecified atom stereocenters.